The molecule has 1 unspecified atom stereocenters. The van der Waals surface area contributed by atoms with Crippen LogP contribution in [0.2, 0.25) is 0 Å². The average Bonchev–Trinajstić information content (AvgIpc) is 2.87. The summed E-state index contributed by atoms with van der Waals surface area (Å²) in [6.45, 7) is 20.6. The van der Waals surface area contributed by atoms with Crippen molar-refractivity contribution in [2.45, 2.75) is 71.7 Å². The van der Waals surface area contributed by atoms with Gasteiger partial charge in [-0.2, -0.15) is 0 Å². The molecule has 186 valence electrons. The minimum atomic E-state index is -0.502. The molecule has 6 heteroatoms. The Morgan fingerprint density at radius 1 is 1.32 bits per heavy atom. The van der Waals surface area contributed by atoms with Crippen LogP contribution in [0.1, 0.15) is 53.0 Å². The number of benzene rings is 1. The monoisotopic (exact) mass is 466 g/mol. The molecule has 0 saturated carbocycles. The molecule has 2 rings (SSSR count). The number of hydrogen-bond donors (Lipinski definition) is 3. The smallest absolute Gasteiger partial charge is 0.243 e. The van der Waals surface area contributed by atoms with E-state index in [2.05, 4.69) is 74.5 Å². The van der Waals surface area contributed by atoms with E-state index >= 15 is 0 Å². The van der Waals surface area contributed by atoms with E-state index in [1.807, 2.05) is 30.3 Å². The van der Waals surface area contributed by atoms with E-state index in [9.17, 15) is 4.79 Å². The molecule has 1 amide bonds. The Bertz CT molecular complexity index is 872. The van der Waals surface area contributed by atoms with Crippen molar-refractivity contribution in [3.8, 4) is 12.3 Å². The highest BCUT2D eigenvalue weighted by Crippen LogP contribution is 2.29. The summed E-state index contributed by atoms with van der Waals surface area (Å²) >= 11 is 0. The van der Waals surface area contributed by atoms with Crippen molar-refractivity contribution < 1.29 is 9.53 Å². The van der Waals surface area contributed by atoms with Crippen LogP contribution in [-0.4, -0.2) is 41.5 Å². The van der Waals surface area contributed by atoms with Crippen LogP contribution in [0, 0.1) is 24.2 Å². The summed E-state index contributed by atoms with van der Waals surface area (Å²) in [6.07, 6.45) is 7.47. The molecule has 0 bridgehead atoms. The van der Waals surface area contributed by atoms with Crippen molar-refractivity contribution in [1.82, 2.24) is 20.9 Å². The Morgan fingerprint density at radius 3 is 2.62 bits per heavy atom. The summed E-state index contributed by atoms with van der Waals surface area (Å²) in [5.41, 5.74) is 0.903. The predicted octanol–water partition coefficient (Wildman–Crippen LogP) is 3.98. The highest BCUT2D eigenvalue weighted by Gasteiger charge is 2.34. The van der Waals surface area contributed by atoms with Gasteiger partial charge in [-0.3, -0.25) is 4.79 Å². The molecule has 1 aromatic rings. The summed E-state index contributed by atoms with van der Waals surface area (Å²) in [5.74, 6) is 4.60. The second-order valence-electron chi connectivity index (χ2n) is 10.3. The Labute approximate surface area is 206 Å². The summed E-state index contributed by atoms with van der Waals surface area (Å²) < 4.78 is 5.75. The fraction of sp³-hybridized carbons (Fsp3) is 0.536. The lowest BCUT2D eigenvalue weighted by molar-refractivity contribution is -0.124. The van der Waals surface area contributed by atoms with Gasteiger partial charge in [0.2, 0.25) is 5.91 Å². The first-order valence-corrected chi connectivity index (χ1v) is 12.1. The minimum absolute atomic E-state index is 0.130. The van der Waals surface area contributed by atoms with E-state index in [1.54, 1.807) is 0 Å². The molecule has 1 aliphatic heterocycles. The number of nitrogens with one attached hydrogen (secondary N) is 3. The van der Waals surface area contributed by atoms with Crippen molar-refractivity contribution >= 4 is 5.91 Å². The van der Waals surface area contributed by atoms with Crippen molar-refractivity contribution in [2.24, 2.45) is 11.8 Å². The van der Waals surface area contributed by atoms with Gasteiger partial charge in [-0.15, -0.1) is 6.42 Å². The van der Waals surface area contributed by atoms with E-state index < -0.39 is 12.1 Å². The Kier molecular flexibility index (Phi) is 9.92. The van der Waals surface area contributed by atoms with Crippen molar-refractivity contribution in [2.75, 3.05) is 13.1 Å². The van der Waals surface area contributed by atoms with Gasteiger partial charge in [0, 0.05) is 12.1 Å². The fourth-order valence-corrected chi connectivity index (χ4v) is 4.42. The number of ether oxygens (including phenoxy) is 1. The second-order valence-corrected chi connectivity index (χ2v) is 10.3. The van der Waals surface area contributed by atoms with Crippen molar-refractivity contribution in [3.05, 3.63) is 60.8 Å². The first-order chi connectivity index (χ1) is 16.0. The van der Waals surface area contributed by atoms with Gasteiger partial charge in [0.25, 0.3) is 0 Å². The molecular formula is C28H42N4O2. The SMILES string of the molecule is C#C[C@H](CN1C(=C)NCC(C)CC1(C)C)NC(=O)[C@H](CC(C)C)NC(=C)OCc1ccccc1. The zero-order valence-corrected chi connectivity index (χ0v) is 21.5. The van der Waals surface area contributed by atoms with Crippen LogP contribution in [-0.2, 0) is 16.1 Å². The lowest BCUT2D eigenvalue weighted by Gasteiger charge is -2.41. The first kappa shape index (κ1) is 27.2. The van der Waals surface area contributed by atoms with Gasteiger partial charge in [-0.05, 0) is 50.7 Å². The fourth-order valence-electron chi connectivity index (χ4n) is 4.42. The average molecular weight is 467 g/mol. The molecular weight excluding hydrogens is 424 g/mol. The maximum atomic E-state index is 13.2. The van der Waals surface area contributed by atoms with Gasteiger partial charge in [-0.1, -0.05) is 63.6 Å². The van der Waals surface area contributed by atoms with E-state index in [0.717, 1.165) is 24.4 Å². The molecule has 0 radical (unpaired) electrons. The quantitative estimate of drug-likeness (QED) is 0.340. The van der Waals surface area contributed by atoms with Gasteiger partial charge in [-0.25, -0.2) is 0 Å². The van der Waals surface area contributed by atoms with E-state index in [1.165, 1.54) is 0 Å². The summed E-state index contributed by atoms with van der Waals surface area (Å²) in [5, 5.41) is 9.59. The molecule has 1 aromatic carbocycles. The third kappa shape index (κ3) is 8.37. The number of terminal acetylenes is 1. The Morgan fingerprint density at radius 2 is 2.00 bits per heavy atom. The van der Waals surface area contributed by atoms with Gasteiger partial charge < -0.3 is 25.6 Å². The second kappa shape index (κ2) is 12.4. The number of carbonyl (C=O) groups excluding carboxylic acids is 1. The van der Waals surface area contributed by atoms with E-state index in [0.29, 0.717) is 37.3 Å². The summed E-state index contributed by atoms with van der Waals surface area (Å²) in [6, 6.07) is 8.88. The van der Waals surface area contributed by atoms with Gasteiger partial charge >= 0.3 is 0 Å². The normalized spacial score (nSPS) is 19.3. The number of hydrogen-bond acceptors (Lipinski definition) is 5. The number of carbonyl (C=O) groups is 1. The molecule has 34 heavy (non-hydrogen) atoms. The molecule has 0 spiro atoms. The zero-order chi connectivity index (χ0) is 25.3. The highest BCUT2D eigenvalue weighted by molar-refractivity contribution is 5.82. The van der Waals surface area contributed by atoms with E-state index in [-0.39, 0.29) is 11.4 Å². The Hall–Kier alpha value is -3.07. The maximum Gasteiger partial charge on any atom is 0.243 e. The molecule has 3 N–H and O–H groups in total. The van der Waals surface area contributed by atoms with Crippen LogP contribution >= 0.6 is 0 Å². The summed E-state index contributed by atoms with van der Waals surface area (Å²) in [4.78, 5) is 15.4. The number of amides is 1. The molecule has 3 atom stereocenters. The molecule has 1 saturated heterocycles. The molecule has 1 heterocycles. The van der Waals surface area contributed by atoms with Gasteiger partial charge in [0.1, 0.15) is 18.7 Å². The molecule has 6 nitrogen and oxygen atoms in total. The molecule has 1 fully saturated rings. The van der Waals surface area contributed by atoms with Crippen LogP contribution in [0.4, 0.5) is 0 Å². The minimum Gasteiger partial charge on any atom is -0.475 e. The first-order valence-electron chi connectivity index (χ1n) is 12.1. The standard InChI is InChI=1S/C28H42N4O2/c1-9-25(18-32-22(5)29-17-21(4)16-28(32,7)8)31-27(33)26(15-20(2)3)30-23(6)34-19-24-13-11-10-12-14-24/h1,10-14,20-21,25-26,29-30H,5-6,15-19H2,2-4,7-8H3,(H,31,33)/t21?,25-,26+/m1/s1. The summed E-state index contributed by atoms with van der Waals surface area (Å²) in [7, 11) is 0. The number of rotatable bonds is 11. The lowest BCUT2D eigenvalue weighted by atomic mass is 9.90. The van der Waals surface area contributed by atoms with Crippen LogP contribution in [0.25, 0.3) is 0 Å². The lowest BCUT2D eigenvalue weighted by Crippen LogP contribution is -2.54. The van der Waals surface area contributed by atoms with Crippen LogP contribution in [0.3, 0.4) is 0 Å². The van der Waals surface area contributed by atoms with Crippen LogP contribution in [0.5, 0.6) is 0 Å². The topological polar surface area (TPSA) is 65.6 Å². The molecule has 1 aliphatic rings. The van der Waals surface area contributed by atoms with Crippen molar-refractivity contribution in [1.29, 1.82) is 0 Å². The van der Waals surface area contributed by atoms with E-state index in [4.69, 9.17) is 11.2 Å². The third-order valence-electron chi connectivity index (χ3n) is 6.06. The Balaban J connectivity index is 2.02. The van der Waals surface area contributed by atoms with Crippen LogP contribution < -0.4 is 16.0 Å². The maximum absolute atomic E-state index is 13.2. The predicted molar refractivity (Wildman–Crippen MR) is 139 cm³/mol. The molecule has 0 aromatic heterocycles. The number of nitrogens with zero attached hydrogens (tertiary/aromatic N) is 1. The highest BCUT2D eigenvalue weighted by atomic mass is 16.5. The van der Waals surface area contributed by atoms with Crippen LogP contribution in [0.15, 0.2) is 55.2 Å². The molecule has 0 aliphatic carbocycles. The third-order valence-corrected chi connectivity index (χ3v) is 6.06. The van der Waals surface area contributed by atoms with Gasteiger partial charge in [0.05, 0.1) is 12.4 Å². The zero-order valence-electron chi connectivity index (χ0n) is 21.5. The largest absolute Gasteiger partial charge is 0.475 e. The van der Waals surface area contributed by atoms with Gasteiger partial charge in [0.15, 0.2) is 5.88 Å². The van der Waals surface area contributed by atoms with Crippen molar-refractivity contribution in [3.63, 3.8) is 0 Å².